The fourth-order valence-corrected chi connectivity index (χ4v) is 1.63. The average Bonchev–Trinajstić information content (AvgIpc) is 2.35. The molecule has 0 amide bonds. The second-order valence-electron chi connectivity index (χ2n) is 3.89. The van der Waals surface area contributed by atoms with E-state index in [2.05, 4.69) is 5.43 Å². The first kappa shape index (κ1) is 13.9. The van der Waals surface area contributed by atoms with Crippen LogP contribution in [-0.2, 0) is 4.74 Å². The fraction of sp³-hybridized carbons (Fsp3) is 0.500. The van der Waals surface area contributed by atoms with Crippen LogP contribution in [-0.4, -0.2) is 20.3 Å². The zero-order chi connectivity index (χ0) is 12.8. The van der Waals surface area contributed by atoms with Crippen LogP contribution in [0.15, 0.2) is 18.2 Å². The Balaban J connectivity index is 2.88. The number of halogens is 1. The van der Waals surface area contributed by atoms with Gasteiger partial charge in [0.05, 0.1) is 19.3 Å². The lowest BCUT2D eigenvalue weighted by Gasteiger charge is -2.20. The van der Waals surface area contributed by atoms with Gasteiger partial charge >= 0.3 is 0 Å². The van der Waals surface area contributed by atoms with Gasteiger partial charge in [0.15, 0.2) is 0 Å². The predicted molar refractivity (Wildman–Crippen MR) is 64.1 cm³/mol. The molecular weight excluding hydrogens is 223 g/mol. The minimum atomic E-state index is -0.337. The molecule has 2 unspecified atom stereocenters. The highest BCUT2D eigenvalue weighted by Gasteiger charge is 2.17. The number of methoxy groups -OCH3 is 2. The van der Waals surface area contributed by atoms with Crippen molar-refractivity contribution in [3.8, 4) is 5.75 Å². The number of nitrogens with one attached hydrogen (secondary N) is 1. The van der Waals surface area contributed by atoms with Crippen LogP contribution in [0.5, 0.6) is 5.75 Å². The van der Waals surface area contributed by atoms with Crippen molar-refractivity contribution in [3.63, 3.8) is 0 Å². The number of ether oxygens (including phenoxy) is 2. The van der Waals surface area contributed by atoms with Gasteiger partial charge in [-0.3, -0.25) is 11.3 Å². The maximum atomic E-state index is 13.8. The van der Waals surface area contributed by atoms with E-state index in [1.807, 2.05) is 6.92 Å². The molecule has 0 saturated heterocycles. The lowest BCUT2D eigenvalue weighted by atomic mass is 10.0. The van der Waals surface area contributed by atoms with Crippen molar-refractivity contribution in [2.75, 3.05) is 14.2 Å². The van der Waals surface area contributed by atoms with E-state index in [-0.39, 0.29) is 18.0 Å². The quantitative estimate of drug-likeness (QED) is 0.589. The largest absolute Gasteiger partial charge is 0.497 e. The van der Waals surface area contributed by atoms with Crippen molar-refractivity contribution < 1.29 is 13.9 Å². The molecule has 1 aromatic rings. The van der Waals surface area contributed by atoms with Crippen LogP contribution in [0.1, 0.15) is 24.9 Å². The Hall–Kier alpha value is -1.17. The molecule has 0 aromatic heterocycles. The summed E-state index contributed by atoms with van der Waals surface area (Å²) in [6.07, 6.45) is 0.591. The maximum Gasteiger partial charge on any atom is 0.131 e. The van der Waals surface area contributed by atoms with Gasteiger partial charge in [-0.05, 0) is 19.4 Å². The van der Waals surface area contributed by atoms with Crippen LogP contribution in [0.2, 0.25) is 0 Å². The lowest BCUT2D eigenvalue weighted by Crippen LogP contribution is -2.31. The van der Waals surface area contributed by atoms with E-state index in [1.54, 1.807) is 19.2 Å². The summed E-state index contributed by atoms with van der Waals surface area (Å²) in [6.45, 7) is 1.91. The van der Waals surface area contributed by atoms with Gasteiger partial charge < -0.3 is 9.47 Å². The maximum absolute atomic E-state index is 13.8. The van der Waals surface area contributed by atoms with Crippen molar-refractivity contribution >= 4 is 0 Å². The zero-order valence-corrected chi connectivity index (χ0v) is 10.4. The summed E-state index contributed by atoms with van der Waals surface area (Å²) in [4.78, 5) is 0. The first-order chi connectivity index (χ1) is 8.12. The molecule has 4 nitrogen and oxygen atoms in total. The third-order valence-corrected chi connectivity index (χ3v) is 2.75. The average molecular weight is 242 g/mol. The molecule has 2 atom stereocenters. The lowest BCUT2D eigenvalue weighted by molar-refractivity contribution is 0.0999. The van der Waals surface area contributed by atoms with E-state index in [9.17, 15) is 4.39 Å². The molecule has 17 heavy (non-hydrogen) atoms. The van der Waals surface area contributed by atoms with Crippen molar-refractivity contribution in [3.05, 3.63) is 29.6 Å². The summed E-state index contributed by atoms with van der Waals surface area (Å²) in [5.74, 6) is 5.59. The Morgan fingerprint density at radius 2 is 2.12 bits per heavy atom. The highest BCUT2D eigenvalue weighted by atomic mass is 19.1. The Kier molecular flexibility index (Phi) is 5.34. The summed E-state index contributed by atoms with van der Waals surface area (Å²) in [7, 11) is 3.11. The third kappa shape index (κ3) is 3.66. The molecule has 1 rings (SSSR count). The number of hydrogen-bond donors (Lipinski definition) is 2. The molecule has 5 heteroatoms. The van der Waals surface area contributed by atoms with Gasteiger partial charge in [0, 0.05) is 18.7 Å². The summed E-state index contributed by atoms with van der Waals surface area (Å²) in [5, 5.41) is 0. The number of nitrogens with two attached hydrogens (primary N) is 1. The molecule has 0 aliphatic carbocycles. The van der Waals surface area contributed by atoms with Crippen LogP contribution < -0.4 is 16.0 Å². The number of hydrazine groups is 1. The topological polar surface area (TPSA) is 56.5 Å². The molecular formula is C12H19FN2O2. The molecule has 3 N–H and O–H groups in total. The van der Waals surface area contributed by atoms with Gasteiger partial charge in [-0.25, -0.2) is 4.39 Å². The summed E-state index contributed by atoms with van der Waals surface area (Å²) in [5.41, 5.74) is 3.11. The molecule has 0 aliphatic rings. The molecule has 0 spiro atoms. The molecule has 0 aliphatic heterocycles. The number of rotatable bonds is 6. The fourth-order valence-electron chi connectivity index (χ4n) is 1.63. The Morgan fingerprint density at radius 1 is 1.41 bits per heavy atom. The molecule has 0 radical (unpaired) electrons. The Labute approximate surface area is 101 Å². The first-order valence-electron chi connectivity index (χ1n) is 5.44. The predicted octanol–water partition coefficient (Wildman–Crippen LogP) is 1.76. The second kappa shape index (κ2) is 6.54. The monoisotopic (exact) mass is 242 g/mol. The highest BCUT2D eigenvalue weighted by molar-refractivity contribution is 5.30. The van der Waals surface area contributed by atoms with E-state index in [0.717, 1.165) is 0 Å². The standard InChI is InChI=1S/C12H19FN2O2/c1-8(16-2)6-12(15-14)10-5-4-9(17-3)7-11(10)13/h4-5,7-8,12,15H,6,14H2,1-3H3. The normalized spacial score (nSPS) is 14.4. The Morgan fingerprint density at radius 3 is 2.59 bits per heavy atom. The van der Waals surface area contributed by atoms with Crippen LogP contribution in [0.3, 0.4) is 0 Å². The van der Waals surface area contributed by atoms with Crippen molar-refractivity contribution in [2.45, 2.75) is 25.5 Å². The van der Waals surface area contributed by atoms with E-state index in [1.165, 1.54) is 13.2 Å². The van der Waals surface area contributed by atoms with Crippen LogP contribution >= 0.6 is 0 Å². The molecule has 0 fully saturated rings. The number of benzene rings is 1. The van der Waals surface area contributed by atoms with Gasteiger partial charge in [-0.2, -0.15) is 0 Å². The minimum Gasteiger partial charge on any atom is -0.497 e. The minimum absolute atomic E-state index is 0.00227. The molecule has 0 bridgehead atoms. The van der Waals surface area contributed by atoms with Gasteiger partial charge in [0.1, 0.15) is 11.6 Å². The molecule has 0 heterocycles. The zero-order valence-electron chi connectivity index (χ0n) is 10.4. The van der Waals surface area contributed by atoms with E-state index >= 15 is 0 Å². The van der Waals surface area contributed by atoms with Gasteiger partial charge in [-0.1, -0.05) is 6.07 Å². The number of hydrogen-bond acceptors (Lipinski definition) is 4. The SMILES string of the molecule is COc1ccc(C(CC(C)OC)NN)c(F)c1. The summed E-state index contributed by atoms with van der Waals surface area (Å²) >= 11 is 0. The Bertz CT molecular complexity index is 360. The van der Waals surface area contributed by atoms with Gasteiger partial charge in [0.25, 0.3) is 0 Å². The molecule has 0 saturated carbocycles. The van der Waals surface area contributed by atoms with E-state index < -0.39 is 0 Å². The van der Waals surface area contributed by atoms with Crippen LogP contribution in [0.4, 0.5) is 4.39 Å². The smallest absolute Gasteiger partial charge is 0.131 e. The third-order valence-electron chi connectivity index (χ3n) is 2.75. The van der Waals surface area contributed by atoms with Crippen LogP contribution in [0, 0.1) is 5.82 Å². The van der Waals surface area contributed by atoms with Crippen molar-refractivity contribution in [1.29, 1.82) is 0 Å². The van der Waals surface area contributed by atoms with E-state index in [4.69, 9.17) is 15.3 Å². The highest BCUT2D eigenvalue weighted by Crippen LogP contribution is 2.24. The summed E-state index contributed by atoms with van der Waals surface area (Å²) in [6, 6.07) is 4.44. The van der Waals surface area contributed by atoms with Crippen LogP contribution in [0.25, 0.3) is 0 Å². The van der Waals surface area contributed by atoms with Gasteiger partial charge in [0.2, 0.25) is 0 Å². The summed E-state index contributed by atoms with van der Waals surface area (Å²) < 4.78 is 23.9. The van der Waals surface area contributed by atoms with E-state index in [0.29, 0.717) is 17.7 Å². The second-order valence-corrected chi connectivity index (χ2v) is 3.89. The molecule has 1 aromatic carbocycles. The van der Waals surface area contributed by atoms with Gasteiger partial charge in [-0.15, -0.1) is 0 Å². The molecule has 96 valence electrons. The van der Waals surface area contributed by atoms with Crippen molar-refractivity contribution in [2.24, 2.45) is 5.84 Å². The van der Waals surface area contributed by atoms with Crippen molar-refractivity contribution in [1.82, 2.24) is 5.43 Å². The first-order valence-corrected chi connectivity index (χ1v) is 5.44.